The topological polar surface area (TPSA) is 359 Å². The number of benzene rings is 2. The third kappa shape index (κ3) is 18.4. The van der Waals surface area contributed by atoms with Crippen LogP contribution >= 0.6 is 11.8 Å². The minimum atomic E-state index is -2.28. The maximum atomic E-state index is 14.6. The van der Waals surface area contributed by atoms with Crippen LogP contribution in [-0.4, -0.2) is 236 Å². The van der Waals surface area contributed by atoms with Gasteiger partial charge in [-0.05, 0) is 77.6 Å². The standard InChI is InChI=1S/C62H103N3O21S/c1-36-42(32-62(77)54(84-55(74)40-21-15-12-16-22-40)52-60(9,53(73)50(72)48(36)59(62,7)8)43(68)31-44-61(52,35-81-44)85-38(3)67)82-56(75)51(49(39-19-13-11-14-20-39)65-57(76)86-58(4,5)6)83-47(71)34-87-33-46(70)64-41(37(2)66)23-17-18-25-63-45(69)24-26-79-29-30-80-28-27-78-10/h11-16,19-22,36-38,41-54,56-57,63-73,75-77H,17-18,23-35H2,1-10H3/t36-,37-,38+,41?,42+,43+,44-,45-,46+,47+,48?,49+,50-,51-,52+,53-,54+,56+,57-,60-,61+,62-/m1/s1. The van der Waals surface area contributed by atoms with Gasteiger partial charge in [-0.1, -0.05) is 82.6 Å². The van der Waals surface area contributed by atoms with Crippen molar-refractivity contribution in [2.24, 2.45) is 28.6 Å². The van der Waals surface area contributed by atoms with Crippen LogP contribution in [-0.2, 0) is 42.6 Å². The smallest absolute Gasteiger partial charge is 0.338 e. The van der Waals surface area contributed by atoms with Crippen molar-refractivity contribution in [1.29, 1.82) is 0 Å². The maximum Gasteiger partial charge on any atom is 0.338 e. The molecule has 87 heavy (non-hydrogen) atoms. The Balaban J connectivity index is 1.23. The molecular formula is C62H103N3O21S. The van der Waals surface area contributed by atoms with Crippen LogP contribution in [0.25, 0.3) is 0 Å². The summed E-state index contributed by atoms with van der Waals surface area (Å²) in [6.07, 6.45) is -18.4. The second-order valence-electron chi connectivity index (χ2n) is 25.7. The van der Waals surface area contributed by atoms with Gasteiger partial charge in [-0.3, -0.25) is 16.0 Å². The second kappa shape index (κ2) is 32.8. The number of rotatable bonds is 36. The molecule has 2 aromatic rings. The number of ether oxygens (including phenoxy) is 9. The maximum absolute atomic E-state index is 14.6. The summed E-state index contributed by atoms with van der Waals surface area (Å²) in [5, 5.41) is 140. The van der Waals surface area contributed by atoms with Gasteiger partial charge in [0.05, 0.1) is 93.5 Å². The first-order valence-corrected chi connectivity index (χ1v) is 31.8. The number of hydrogen-bond donors (Lipinski definition) is 14. The number of esters is 1. The SMILES string of the molecule is COCCOCCOCC[C@@H](O)NCCCCC(N[C@@H](O)CSC[C@@H](O)O[C@@H]([C@@H](O)O[C@H]1C[C@@]2(O)[C@@H](OC(=O)c3ccccc3)[C@@H]3[C@]4(O[C@@H](C)O)CO[C@@H]4C[C@H](O)[C@@]3(C)[C@H](O)[C@H](O)C([C@@H]1C)C2(C)C)[C@@H](N[C@H](O)OC(C)(C)C)c1ccccc1)[C@@H](C)O. The van der Waals surface area contributed by atoms with E-state index in [1.54, 1.807) is 111 Å². The number of methoxy groups -OCH3 is 1. The highest BCUT2D eigenvalue weighted by Crippen LogP contribution is 2.66. The molecule has 498 valence electrons. The molecule has 24 nitrogen and oxygen atoms in total. The van der Waals surface area contributed by atoms with Gasteiger partial charge in [0.1, 0.15) is 35.9 Å². The van der Waals surface area contributed by atoms with Crippen LogP contribution in [0.3, 0.4) is 0 Å². The lowest BCUT2D eigenvalue weighted by molar-refractivity contribution is -0.406. The van der Waals surface area contributed by atoms with Crippen LogP contribution < -0.4 is 16.0 Å². The molecule has 1 aliphatic heterocycles. The predicted octanol–water partition coefficient (Wildman–Crippen LogP) is 1.61. The van der Waals surface area contributed by atoms with E-state index in [9.17, 15) is 61.0 Å². The summed E-state index contributed by atoms with van der Waals surface area (Å²) < 4.78 is 53.7. The zero-order valence-electron chi connectivity index (χ0n) is 52.3. The molecule has 25 heteroatoms. The summed E-state index contributed by atoms with van der Waals surface area (Å²) in [6, 6.07) is 14.9. The number of aliphatic hydroxyl groups is 11. The molecule has 2 unspecified atom stereocenters. The van der Waals surface area contributed by atoms with Crippen LogP contribution in [0.1, 0.15) is 123 Å². The van der Waals surface area contributed by atoms with E-state index in [1.165, 1.54) is 19.1 Å². The molecule has 0 aromatic heterocycles. The zero-order chi connectivity index (χ0) is 64.1. The van der Waals surface area contributed by atoms with Crippen molar-refractivity contribution in [3.05, 3.63) is 71.8 Å². The van der Waals surface area contributed by atoms with Gasteiger partial charge >= 0.3 is 5.97 Å². The molecule has 0 spiro atoms. The van der Waals surface area contributed by atoms with Crippen molar-refractivity contribution >= 4 is 17.7 Å². The van der Waals surface area contributed by atoms with Crippen molar-refractivity contribution in [1.82, 2.24) is 16.0 Å². The van der Waals surface area contributed by atoms with Gasteiger partial charge in [0.25, 0.3) is 0 Å². The van der Waals surface area contributed by atoms with Gasteiger partial charge < -0.3 is 98.8 Å². The quantitative estimate of drug-likeness (QED) is 0.0262. The highest BCUT2D eigenvalue weighted by Gasteiger charge is 2.78. The molecule has 3 aliphatic carbocycles. The summed E-state index contributed by atoms with van der Waals surface area (Å²) in [5.41, 5.74) is -7.49. The van der Waals surface area contributed by atoms with E-state index in [0.29, 0.717) is 70.8 Å². The zero-order valence-corrected chi connectivity index (χ0v) is 53.1. The third-order valence-corrected chi connectivity index (χ3v) is 19.2. The van der Waals surface area contributed by atoms with E-state index >= 15 is 0 Å². The predicted molar refractivity (Wildman–Crippen MR) is 320 cm³/mol. The van der Waals surface area contributed by atoms with Crippen molar-refractivity contribution in [2.45, 2.75) is 216 Å². The number of hydrogen-bond acceptors (Lipinski definition) is 25. The Morgan fingerprint density at radius 1 is 0.828 bits per heavy atom. The molecule has 4 aliphatic rings. The molecule has 0 radical (unpaired) electrons. The van der Waals surface area contributed by atoms with Crippen molar-refractivity contribution in [3.8, 4) is 0 Å². The van der Waals surface area contributed by atoms with Crippen LogP contribution in [0.15, 0.2) is 60.7 Å². The molecule has 14 N–H and O–H groups in total. The van der Waals surface area contributed by atoms with E-state index in [1.807, 2.05) is 0 Å². The number of aliphatic hydroxyl groups excluding tert-OH is 10. The van der Waals surface area contributed by atoms with E-state index < -0.39 is 156 Å². The number of carbonyl (C=O) groups is 1. The molecule has 0 amide bonds. The number of fused-ring (bicyclic) bond motifs is 5. The summed E-state index contributed by atoms with van der Waals surface area (Å²) in [5.74, 6) is -4.39. The molecular weight excluding hydrogens is 1150 g/mol. The minimum absolute atomic E-state index is 0.0218. The number of unbranched alkanes of at least 4 members (excludes halogenated alkanes) is 1. The summed E-state index contributed by atoms with van der Waals surface area (Å²) in [4.78, 5) is 14.6. The van der Waals surface area contributed by atoms with Crippen LogP contribution in [0.4, 0.5) is 0 Å². The average Bonchev–Trinajstić information content (AvgIpc) is 0.680. The Hall–Kier alpha value is -2.62. The summed E-state index contributed by atoms with van der Waals surface area (Å²) in [6.45, 7) is 17.3. The Morgan fingerprint density at radius 3 is 2.08 bits per heavy atom. The second-order valence-corrected chi connectivity index (χ2v) is 26.8. The molecule has 3 saturated carbocycles. The van der Waals surface area contributed by atoms with Crippen molar-refractivity contribution in [3.63, 3.8) is 0 Å². The summed E-state index contributed by atoms with van der Waals surface area (Å²) >= 11 is 1.10. The van der Waals surface area contributed by atoms with E-state index in [2.05, 4.69) is 16.0 Å². The summed E-state index contributed by atoms with van der Waals surface area (Å²) in [7, 11) is 1.60. The van der Waals surface area contributed by atoms with E-state index in [4.69, 9.17) is 42.6 Å². The van der Waals surface area contributed by atoms with Crippen molar-refractivity contribution in [2.75, 3.05) is 64.8 Å². The Morgan fingerprint density at radius 2 is 1.47 bits per heavy atom. The van der Waals surface area contributed by atoms with Gasteiger partial charge in [0, 0.05) is 66.6 Å². The van der Waals surface area contributed by atoms with Gasteiger partial charge in [0.2, 0.25) is 6.41 Å². The normalized spacial score (nSPS) is 32.3. The van der Waals surface area contributed by atoms with Gasteiger partial charge in [0.15, 0.2) is 18.9 Å². The van der Waals surface area contributed by atoms with Gasteiger partial charge in [-0.15, -0.1) is 0 Å². The lowest BCUT2D eigenvalue weighted by Crippen LogP contribution is -2.83. The Bertz CT molecular complexity index is 2330. The monoisotopic (exact) mass is 1260 g/mol. The first kappa shape index (κ1) is 73.4. The Kier molecular flexibility index (Phi) is 27.7. The molecule has 4 fully saturated rings. The fourth-order valence-corrected chi connectivity index (χ4v) is 14.3. The lowest BCUT2D eigenvalue weighted by Gasteiger charge is -2.71. The molecule has 1 heterocycles. The molecule has 6 rings (SSSR count). The fourth-order valence-electron chi connectivity index (χ4n) is 13.6. The molecule has 22 atom stereocenters. The van der Waals surface area contributed by atoms with E-state index in [-0.39, 0.29) is 30.1 Å². The number of nitrogens with one attached hydrogen (secondary N) is 3. The molecule has 1 saturated heterocycles. The first-order chi connectivity index (χ1) is 41.0. The highest BCUT2D eigenvalue weighted by atomic mass is 32.2. The lowest BCUT2D eigenvalue weighted by atomic mass is 9.42. The van der Waals surface area contributed by atoms with Crippen molar-refractivity contribution < 1.29 is 104 Å². The van der Waals surface area contributed by atoms with Crippen LogP contribution in [0, 0.1) is 28.6 Å². The third-order valence-electron chi connectivity index (χ3n) is 18.1. The number of carbonyl (C=O) groups excluding carboxylic acids is 1. The minimum Gasteiger partial charge on any atom is -0.455 e. The average molecular weight is 1260 g/mol. The van der Waals surface area contributed by atoms with Gasteiger partial charge in [-0.2, -0.15) is 11.8 Å². The van der Waals surface area contributed by atoms with Crippen LogP contribution in [0.5, 0.6) is 0 Å². The molecule has 2 bridgehead atoms. The van der Waals surface area contributed by atoms with Gasteiger partial charge in [-0.25, -0.2) is 4.79 Å². The van der Waals surface area contributed by atoms with E-state index in [0.717, 1.165) is 11.8 Å². The highest BCUT2D eigenvalue weighted by molar-refractivity contribution is 7.99. The fraction of sp³-hybridized carbons (Fsp3) is 0.790. The molecule has 2 aromatic carbocycles. The number of thioether (sulfide) groups is 1. The largest absolute Gasteiger partial charge is 0.455 e. The Labute approximate surface area is 516 Å². The van der Waals surface area contributed by atoms with Crippen LogP contribution in [0.2, 0.25) is 0 Å². The first-order valence-electron chi connectivity index (χ1n) is 30.6.